The molecule has 0 saturated carbocycles. The van der Waals surface area contributed by atoms with Crippen molar-refractivity contribution in [3.63, 3.8) is 0 Å². The molecular formula is C24H23N3O4S. The van der Waals surface area contributed by atoms with E-state index in [4.69, 9.17) is 9.47 Å². The molecule has 0 unspecified atom stereocenters. The van der Waals surface area contributed by atoms with E-state index in [2.05, 4.69) is 33.7 Å². The van der Waals surface area contributed by atoms with Crippen molar-refractivity contribution < 1.29 is 19.1 Å². The molecule has 0 saturated heterocycles. The van der Waals surface area contributed by atoms with Gasteiger partial charge in [-0.3, -0.25) is 9.59 Å². The molecule has 2 aliphatic heterocycles. The lowest BCUT2D eigenvalue weighted by Gasteiger charge is -2.30. The van der Waals surface area contributed by atoms with Gasteiger partial charge in [0.25, 0.3) is 0 Å². The van der Waals surface area contributed by atoms with Gasteiger partial charge < -0.3 is 25.0 Å². The number of thiophene rings is 1. The summed E-state index contributed by atoms with van der Waals surface area (Å²) in [5.74, 6) is -0.203. The van der Waals surface area contributed by atoms with Gasteiger partial charge in [-0.15, -0.1) is 11.3 Å². The number of para-hydroxylation sites is 1. The fraction of sp³-hybridized carbons (Fsp3) is 0.250. The fourth-order valence-corrected chi connectivity index (χ4v) is 4.95. The number of carbonyl (C=O) groups is 2. The lowest BCUT2D eigenvalue weighted by molar-refractivity contribution is -0.136. The summed E-state index contributed by atoms with van der Waals surface area (Å²) in [5, 5.41) is 7.49. The number of nitrogens with one attached hydrogen (secondary N) is 2. The SMILES string of the molecule is O=C(NC[C@H](c1cccs1)N1CCc2ccccc21)C(=O)Nc1ccc2c(c1)OCCO2. The average molecular weight is 450 g/mol. The molecule has 0 fully saturated rings. The molecule has 0 radical (unpaired) electrons. The predicted molar refractivity (Wildman–Crippen MR) is 124 cm³/mol. The minimum absolute atomic E-state index is 0.0373. The van der Waals surface area contributed by atoms with Gasteiger partial charge in [-0.25, -0.2) is 0 Å². The van der Waals surface area contributed by atoms with Crippen LogP contribution in [0.4, 0.5) is 11.4 Å². The van der Waals surface area contributed by atoms with E-state index in [9.17, 15) is 9.59 Å². The molecule has 2 aliphatic rings. The highest BCUT2D eigenvalue weighted by Gasteiger charge is 2.28. The molecule has 8 heteroatoms. The first kappa shape index (κ1) is 20.4. The van der Waals surface area contributed by atoms with Crippen LogP contribution in [0.2, 0.25) is 0 Å². The van der Waals surface area contributed by atoms with Crippen LogP contribution in [0, 0.1) is 0 Å². The Morgan fingerprint density at radius 1 is 1.00 bits per heavy atom. The Bertz CT molecular complexity index is 1130. The lowest BCUT2D eigenvalue weighted by atomic mass is 10.1. The zero-order valence-electron chi connectivity index (χ0n) is 17.4. The van der Waals surface area contributed by atoms with Crippen LogP contribution < -0.4 is 25.0 Å². The topological polar surface area (TPSA) is 79.9 Å². The predicted octanol–water partition coefficient (Wildman–Crippen LogP) is 3.38. The lowest BCUT2D eigenvalue weighted by Crippen LogP contribution is -2.41. The average Bonchev–Trinajstić information content (AvgIpc) is 3.50. The zero-order valence-corrected chi connectivity index (χ0v) is 18.2. The molecule has 1 aromatic heterocycles. The van der Waals surface area contributed by atoms with Gasteiger partial charge in [-0.2, -0.15) is 0 Å². The largest absolute Gasteiger partial charge is 0.486 e. The van der Waals surface area contributed by atoms with E-state index >= 15 is 0 Å². The number of carbonyl (C=O) groups excluding carboxylic acids is 2. The minimum atomic E-state index is -0.714. The van der Waals surface area contributed by atoms with Crippen molar-refractivity contribution in [1.82, 2.24) is 5.32 Å². The van der Waals surface area contributed by atoms with Gasteiger partial charge in [0, 0.05) is 35.4 Å². The van der Waals surface area contributed by atoms with Crippen LogP contribution in [0.3, 0.4) is 0 Å². The maximum Gasteiger partial charge on any atom is 0.313 e. The van der Waals surface area contributed by atoms with Crippen molar-refractivity contribution in [2.24, 2.45) is 0 Å². The standard InChI is InChI=1S/C24H23N3O4S/c28-23(24(29)26-17-7-8-20-21(14-17)31-12-11-30-20)25-15-19(22-6-3-13-32-22)27-10-9-16-4-1-2-5-18(16)27/h1-8,13-14,19H,9-12,15H2,(H,25,28)(H,26,29)/t19-/m1/s1. The van der Waals surface area contributed by atoms with E-state index in [1.54, 1.807) is 29.5 Å². The molecule has 7 nitrogen and oxygen atoms in total. The number of fused-ring (bicyclic) bond motifs is 2. The van der Waals surface area contributed by atoms with Crippen molar-refractivity contribution >= 4 is 34.5 Å². The van der Waals surface area contributed by atoms with E-state index in [0.717, 1.165) is 17.8 Å². The second-order valence-corrected chi connectivity index (χ2v) is 8.61. The molecule has 3 heterocycles. The monoisotopic (exact) mass is 449 g/mol. The Hall–Kier alpha value is -3.52. The maximum absolute atomic E-state index is 12.6. The van der Waals surface area contributed by atoms with Gasteiger partial charge in [0.2, 0.25) is 0 Å². The summed E-state index contributed by atoms with van der Waals surface area (Å²) < 4.78 is 11.0. The third kappa shape index (κ3) is 4.13. The van der Waals surface area contributed by atoms with Crippen molar-refractivity contribution in [3.8, 4) is 11.5 Å². The molecule has 3 aromatic rings. The summed E-state index contributed by atoms with van der Waals surface area (Å²) in [6.45, 7) is 2.16. The molecule has 1 atom stereocenters. The Morgan fingerprint density at radius 3 is 2.69 bits per heavy atom. The molecule has 0 aliphatic carbocycles. The van der Waals surface area contributed by atoms with E-state index in [1.165, 1.54) is 11.3 Å². The Kier molecular flexibility index (Phi) is 5.68. The number of anilines is 2. The van der Waals surface area contributed by atoms with E-state index in [0.29, 0.717) is 36.9 Å². The fourth-order valence-electron chi connectivity index (χ4n) is 4.11. The number of nitrogens with zero attached hydrogens (tertiary/aromatic N) is 1. The highest BCUT2D eigenvalue weighted by atomic mass is 32.1. The Labute approximate surface area is 190 Å². The summed E-state index contributed by atoms with van der Waals surface area (Å²) in [7, 11) is 0. The molecule has 2 aromatic carbocycles. The highest BCUT2D eigenvalue weighted by Crippen LogP contribution is 2.36. The van der Waals surface area contributed by atoms with Crippen LogP contribution in [-0.2, 0) is 16.0 Å². The van der Waals surface area contributed by atoms with Crippen molar-refractivity contribution in [1.29, 1.82) is 0 Å². The number of amides is 2. The van der Waals surface area contributed by atoms with Gasteiger partial charge in [0.15, 0.2) is 11.5 Å². The summed E-state index contributed by atoms with van der Waals surface area (Å²) in [4.78, 5) is 28.5. The number of rotatable bonds is 5. The second-order valence-electron chi connectivity index (χ2n) is 7.63. The number of hydrogen-bond donors (Lipinski definition) is 2. The number of hydrogen-bond acceptors (Lipinski definition) is 6. The molecule has 0 bridgehead atoms. The first-order valence-electron chi connectivity index (χ1n) is 10.6. The van der Waals surface area contributed by atoms with Crippen molar-refractivity contribution in [3.05, 3.63) is 70.4 Å². The number of ether oxygens (including phenoxy) is 2. The Morgan fingerprint density at radius 2 is 1.84 bits per heavy atom. The summed E-state index contributed by atoms with van der Waals surface area (Å²) in [6.07, 6.45) is 0.969. The molecule has 0 spiro atoms. The van der Waals surface area contributed by atoms with E-state index < -0.39 is 11.8 Å². The van der Waals surface area contributed by atoms with Crippen LogP contribution in [0.5, 0.6) is 11.5 Å². The van der Waals surface area contributed by atoms with Crippen molar-refractivity contribution in [2.75, 3.05) is 36.5 Å². The van der Waals surface area contributed by atoms with Crippen LogP contribution in [-0.4, -0.2) is 38.1 Å². The molecule has 32 heavy (non-hydrogen) atoms. The first-order chi connectivity index (χ1) is 15.7. The van der Waals surface area contributed by atoms with Crippen molar-refractivity contribution in [2.45, 2.75) is 12.5 Å². The van der Waals surface area contributed by atoms with Gasteiger partial charge in [-0.05, 0) is 41.6 Å². The molecular weight excluding hydrogens is 426 g/mol. The molecule has 5 rings (SSSR count). The summed E-state index contributed by atoms with van der Waals surface area (Å²) >= 11 is 1.65. The summed E-state index contributed by atoms with van der Waals surface area (Å²) in [6, 6.07) is 17.4. The number of benzene rings is 2. The summed E-state index contributed by atoms with van der Waals surface area (Å²) in [5.41, 5.74) is 2.97. The third-order valence-corrected chi connectivity index (χ3v) is 6.61. The Balaban J connectivity index is 1.25. The molecule has 2 N–H and O–H groups in total. The van der Waals surface area contributed by atoms with Crippen LogP contribution in [0.15, 0.2) is 60.0 Å². The normalized spacial score (nSPS) is 15.1. The molecule has 2 amide bonds. The highest BCUT2D eigenvalue weighted by molar-refractivity contribution is 7.10. The van der Waals surface area contributed by atoms with E-state index in [-0.39, 0.29) is 6.04 Å². The van der Waals surface area contributed by atoms with Gasteiger partial charge >= 0.3 is 11.8 Å². The van der Waals surface area contributed by atoms with Gasteiger partial charge in [0.05, 0.1) is 6.04 Å². The van der Waals surface area contributed by atoms with Crippen LogP contribution in [0.1, 0.15) is 16.5 Å². The zero-order chi connectivity index (χ0) is 21.9. The minimum Gasteiger partial charge on any atom is -0.486 e. The third-order valence-electron chi connectivity index (χ3n) is 5.63. The van der Waals surface area contributed by atoms with Crippen LogP contribution in [0.25, 0.3) is 0 Å². The smallest absolute Gasteiger partial charge is 0.313 e. The van der Waals surface area contributed by atoms with Gasteiger partial charge in [0.1, 0.15) is 13.2 Å². The molecule has 164 valence electrons. The quantitative estimate of drug-likeness (QED) is 0.584. The second kappa shape index (κ2) is 8.92. The van der Waals surface area contributed by atoms with E-state index in [1.807, 2.05) is 23.6 Å². The van der Waals surface area contributed by atoms with Gasteiger partial charge in [-0.1, -0.05) is 24.3 Å². The first-order valence-corrected chi connectivity index (χ1v) is 11.4. The maximum atomic E-state index is 12.6. The van der Waals surface area contributed by atoms with Crippen LogP contribution >= 0.6 is 11.3 Å².